The lowest BCUT2D eigenvalue weighted by molar-refractivity contribution is 0.0784. The van der Waals surface area contributed by atoms with Crippen molar-refractivity contribution in [1.82, 2.24) is 4.90 Å². The second kappa shape index (κ2) is 6.94. The van der Waals surface area contributed by atoms with Crippen LogP contribution in [0.2, 0.25) is 0 Å². The number of hydrogen-bond donors (Lipinski definition) is 1. The molecule has 6 heteroatoms. The van der Waals surface area contributed by atoms with Crippen LogP contribution in [-0.2, 0) is 0 Å². The van der Waals surface area contributed by atoms with Crippen LogP contribution < -0.4 is 15.2 Å². The van der Waals surface area contributed by atoms with Crippen molar-refractivity contribution in [2.45, 2.75) is 6.92 Å². The number of rotatable bonds is 6. The van der Waals surface area contributed by atoms with Gasteiger partial charge in [0.1, 0.15) is 11.5 Å². The fourth-order valence-corrected chi connectivity index (χ4v) is 1.82. The number of amides is 1. The molecule has 1 aromatic carbocycles. The Balaban J connectivity index is 3.06. The number of thiocarbonyl (C=S) groups is 1. The second-order valence-corrected chi connectivity index (χ2v) is 4.38. The molecule has 19 heavy (non-hydrogen) atoms. The van der Waals surface area contributed by atoms with Crippen LogP contribution in [0.4, 0.5) is 0 Å². The average Bonchev–Trinajstić information content (AvgIpc) is 2.42. The minimum absolute atomic E-state index is 0.171. The molecule has 0 aliphatic heterocycles. The van der Waals surface area contributed by atoms with E-state index < -0.39 is 0 Å². The molecule has 0 heterocycles. The van der Waals surface area contributed by atoms with Gasteiger partial charge in [0.05, 0.1) is 31.3 Å². The number of carbonyl (C=O) groups excluding carboxylic acids is 1. The fraction of sp³-hybridized carbons (Fsp3) is 0.385. The van der Waals surface area contributed by atoms with E-state index in [-0.39, 0.29) is 17.4 Å². The second-order valence-electron chi connectivity index (χ2n) is 3.85. The molecule has 1 rings (SSSR count). The Bertz CT molecular complexity index is 477. The van der Waals surface area contributed by atoms with E-state index in [1.165, 1.54) is 7.11 Å². The topological polar surface area (TPSA) is 64.8 Å². The summed E-state index contributed by atoms with van der Waals surface area (Å²) in [7, 11) is 3.07. The lowest BCUT2D eigenvalue weighted by atomic mass is 10.1. The Morgan fingerprint density at radius 2 is 2.05 bits per heavy atom. The average molecular weight is 282 g/mol. The van der Waals surface area contributed by atoms with E-state index in [2.05, 4.69) is 0 Å². The summed E-state index contributed by atoms with van der Waals surface area (Å²) in [6.45, 7) is 2.64. The Morgan fingerprint density at radius 3 is 2.53 bits per heavy atom. The summed E-state index contributed by atoms with van der Waals surface area (Å²) in [6.07, 6.45) is 0. The van der Waals surface area contributed by atoms with Crippen molar-refractivity contribution in [1.29, 1.82) is 0 Å². The molecule has 1 aromatic rings. The van der Waals surface area contributed by atoms with Gasteiger partial charge in [-0.05, 0) is 19.1 Å². The number of nitrogens with zero attached hydrogens (tertiary/aromatic N) is 1. The smallest absolute Gasteiger partial charge is 0.257 e. The zero-order valence-corrected chi connectivity index (χ0v) is 12.1. The van der Waals surface area contributed by atoms with Crippen molar-refractivity contribution in [3.05, 3.63) is 23.8 Å². The van der Waals surface area contributed by atoms with Crippen molar-refractivity contribution in [3.8, 4) is 11.5 Å². The van der Waals surface area contributed by atoms with Crippen LogP contribution in [0, 0.1) is 0 Å². The van der Waals surface area contributed by atoms with Crippen LogP contribution in [-0.4, -0.2) is 43.1 Å². The van der Waals surface area contributed by atoms with Crippen molar-refractivity contribution < 1.29 is 14.3 Å². The standard InChI is InChI=1S/C13H18N2O3S/c1-4-15(8-12(14)19)13(16)10-6-5-9(17-2)7-11(10)18-3/h5-7H,4,8H2,1-3H3,(H2,14,19). The largest absolute Gasteiger partial charge is 0.497 e. The number of methoxy groups -OCH3 is 2. The maximum absolute atomic E-state index is 12.4. The predicted octanol–water partition coefficient (Wildman–Crippen LogP) is 1.45. The molecule has 0 saturated carbocycles. The monoisotopic (exact) mass is 282 g/mol. The molecular formula is C13H18N2O3S. The van der Waals surface area contributed by atoms with Crippen LogP contribution >= 0.6 is 12.2 Å². The molecule has 0 aliphatic carbocycles. The van der Waals surface area contributed by atoms with Crippen LogP contribution in [0.3, 0.4) is 0 Å². The van der Waals surface area contributed by atoms with Crippen LogP contribution in [0.5, 0.6) is 11.5 Å². The summed E-state index contributed by atoms with van der Waals surface area (Å²) in [5, 5.41) is 0. The van der Waals surface area contributed by atoms with Gasteiger partial charge in [0.2, 0.25) is 0 Å². The summed E-state index contributed by atoms with van der Waals surface area (Å²) in [5.74, 6) is 0.923. The highest BCUT2D eigenvalue weighted by Crippen LogP contribution is 2.25. The minimum Gasteiger partial charge on any atom is -0.497 e. The summed E-state index contributed by atoms with van der Waals surface area (Å²) in [6, 6.07) is 5.05. The van der Waals surface area contributed by atoms with Gasteiger partial charge in [-0.25, -0.2) is 0 Å². The van der Waals surface area contributed by atoms with Crippen molar-refractivity contribution in [2.75, 3.05) is 27.3 Å². The molecule has 0 aromatic heterocycles. The summed E-state index contributed by atoms with van der Waals surface area (Å²) < 4.78 is 10.3. The van der Waals surface area contributed by atoms with Gasteiger partial charge >= 0.3 is 0 Å². The predicted molar refractivity (Wildman–Crippen MR) is 77.9 cm³/mol. The highest BCUT2D eigenvalue weighted by molar-refractivity contribution is 7.80. The lowest BCUT2D eigenvalue weighted by Gasteiger charge is -2.21. The molecule has 0 radical (unpaired) electrons. The van der Waals surface area contributed by atoms with E-state index in [1.54, 1.807) is 30.2 Å². The third-order valence-electron chi connectivity index (χ3n) is 2.65. The van der Waals surface area contributed by atoms with Gasteiger partial charge in [0.25, 0.3) is 5.91 Å². The molecule has 0 unspecified atom stereocenters. The molecule has 0 fully saturated rings. The summed E-state index contributed by atoms with van der Waals surface area (Å²) >= 11 is 4.84. The van der Waals surface area contributed by atoms with Crippen LogP contribution in [0.15, 0.2) is 18.2 Å². The van der Waals surface area contributed by atoms with E-state index in [1.807, 2.05) is 6.92 Å². The minimum atomic E-state index is -0.171. The number of ether oxygens (including phenoxy) is 2. The Kier molecular flexibility index (Phi) is 5.57. The van der Waals surface area contributed by atoms with Gasteiger partial charge in [-0.15, -0.1) is 0 Å². The first-order valence-electron chi connectivity index (χ1n) is 5.83. The Hall–Kier alpha value is -1.82. The molecule has 0 bridgehead atoms. The van der Waals surface area contributed by atoms with E-state index in [4.69, 9.17) is 27.4 Å². The highest BCUT2D eigenvalue weighted by atomic mass is 32.1. The first kappa shape index (κ1) is 15.2. The van der Waals surface area contributed by atoms with Gasteiger partial charge in [0.15, 0.2) is 0 Å². The highest BCUT2D eigenvalue weighted by Gasteiger charge is 2.19. The van der Waals surface area contributed by atoms with Crippen molar-refractivity contribution in [3.63, 3.8) is 0 Å². The third kappa shape index (κ3) is 3.82. The van der Waals surface area contributed by atoms with E-state index >= 15 is 0 Å². The van der Waals surface area contributed by atoms with E-state index in [0.717, 1.165) is 0 Å². The molecule has 1 amide bonds. The zero-order chi connectivity index (χ0) is 14.4. The number of nitrogens with two attached hydrogens (primary N) is 1. The van der Waals surface area contributed by atoms with Gasteiger partial charge in [0, 0.05) is 12.6 Å². The quantitative estimate of drug-likeness (QED) is 0.800. The fourth-order valence-electron chi connectivity index (χ4n) is 1.66. The van der Waals surface area contributed by atoms with E-state index in [0.29, 0.717) is 23.6 Å². The summed E-state index contributed by atoms with van der Waals surface area (Å²) in [5.41, 5.74) is 5.95. The Morgan fingerprint density at radius 1 is 1.37 bits per heavy atom. The van der Waals surface area contributed by atoms with E-state index in [9.17, 15) is 4.79 Å². The van der Waals surface area contributed by atoms with Gasteiger partial charge in [-0.2, -0.15) is 0 Å². The molecular weight excluding hydrogens is 264 g/mol. The molecule has 104 valence electrons. The third-order valence-corrected chi connectivity index (χ3v) is 2.78. The number of carbonyl (C=O) groups is 1. The first-order chi connectivity index (χ1) is 9.03. The number of benzene rings is 1. The lowest BCUT2D eigenvalue weighted by Crippen LogP contribution is -2.37. The van der Waals surface area contributed by atoms with Crippen molar-refractivity contribution >= 4 is 23.1 Å². The first-order valence-corrected chi connectivity index (χ1v) is 6.23. The normalized spacial score (nSPS) is 9.84. The molecule has 0 atom stereocenters. The molecule has 0 aliphatic rings. The Labute approximate surface area is 118 Å². The SMILES string of the molecule is CCN(CC(N)=S)C(=O)c1ccc(OC)cc1OC. The van der Waals surface area contributed by atoms with Gasteiger partial charge < -0.3 is 20.1 Å². The number of hydrogen-bond acceptors (Lipinski definition) is 4. The molecule has 5 nitrogen and oxygen atoms in total. The van der Waals surface area contributed by atoms with Gasteiger partial charge in [-0.3, -0.25) is 4.79 Å². The maximum Gasteiger partial charge on any atom is 0.257 e. The van der Waals surface area contributed by atoms with Crippen molar-refractivity contribution in [2.24, 2.45) is 5.73 Å². The maximum atomic E-state index is 12.4. The van der Waals surface area contributed by atoms with Gasteiger partial charge in [-0.1, -0.05) is 12.2 Å². The molecule has 0 saturated heterocycles. The zero-order valence-electron chi connectivity index (χ0n) is 11.3. The molecule has 0 spiro atoms. The molecule has 2 N–H and O–H groups in total. The van der Waals surface area contributed by atoms with Crippen LogP contribution in [0.25, 0.3) is 0 Å². The van der Waals surface area contributed by atoms with Crippen LogP contribution in [0.1, 0.15) is 17.3 Å². The number of likely N-dealkylation sites (N-methyl/N-ethyl adjacent to an activating group) is 1. The summed E-state index contributed by atoms with van der Waals surface area (Å²) in [4.78, 5) is 14.2.